The highest BCUT2D eigenvalue weighted by molar-refractivity contribution is 5.94. The number of amides is 1. The molecule has 1 N–H and O–H groups in total. The molecule has 0 atom stereocenters. The Balaban J connectivity index is 2.06. The fraction of sp³-hybridized carbons (Fsp3) is 0. The van der Waals surface area contributed by atoms with E-state index in [4.69, 9.17) is 0 Å². The number of nitrogens with zero attached hydrogens (tertiary/aromatic N) is 1. The average molecular weight is 278 g/mol. The molecule has 102 valence electrons. The molecule has 0 unspecified atom stereocenters. The van der Waals surface area contributed by atoms with Crippen molar-refractivity contribution in [2.24, 2.45) is 5.10 Å². The Kier molecular flexibility index (Phi) is 4.14. The highest BCUT2D eigenvalue weighted by Gasteiger charge is 2.06. The molecular formula is C14H9F3N2O. The third-order valence-corrected chi connectivity index (χ3v) is 2.47. The van der Waals surface area contributed by atoms with Crippen LogP contribution in [0.25, 0.3) is 0 Å². The van der Waals surface area contributed by atoms with Crippen molar-refractivity contribution >= 4 is 12.1 Å². The third kappa shape index (κ3) is 3.23. The minimum atomic E-state index is -0.787. The van der Waals surface area contributed by atoms with Gasteiger partial charge in [0.1, 0.15) is 17.5 Å². The number of nitrogens with one attached hydrogen (secondary N) is 1. The molecule has 20 heavy (non-hydrogen) atoms. The minimum Gasteiger partial charge on any atom is -0.267 e. The number of hydrazone groups is 1. The second kappa shape index (κ2) is 6.01. The summed E-state index contributed by atoms with van der Waals surface area (Å²) >= 11 is 0. The number of benzene rings is 2. The molecule has 0 bridgehead atoms. The van der Waals surface area contributed by atoms with E-state index in [2.05, 4.69) is 10.5 Å². The van der Waals surface area contributed by atoms with Gasteiger partial charge in [-0.3, -0.25) is 4.79 Å². The molecule has 1 amide bonds. The number of carbonyl (C=O) groups is 1. The molecule has 0 aliphatic heterocycles. The van der Waals surface area contributed by atoms with E-state index >= 15 is 0 Å². The Labute approximate surface area is 112 Å². The van der Waals surface area contributed by atoms with Crippen LogP contribution in [0.2, 0.25) is 0 Å². The van der Waals surface area contributed by atoms with E-state index in [0.29, 0.717) is 0 Å². The molecule has 3 nitrogen and oxygen atoms in total. The minimum absolute atomic E-state index is 0.178. The number of halogens is 3. The van der Waals surface area contributed by atoms with Crippen molar-refractivity contribution in [1.29, 1.82) is 0 Å². The molecule has 0 radical (unpaired) electrons. The fourth-order valence-electron chi connectivity index (χ4n) is 1.46. The zero-order valence-corrected chi connectivity index (χ0v) is 10.1. The quantitative estimate of drug-likeness (QED) is 0.680. The summed E-state index contributed by atoms with van der Waals surface area (Å²) < 4.78 is 39.2. The van der Waals surface area contributed by atoms with Crippen LogP contribution in [0.15, 0.2) is 47.6 Å². The Morgan fingerprint density at radius 2 is 1.60 bits per heavy atom. The van der Waals surface area contributed by atoms with Crippen molar-refractivity contribution in [2.75, 3.05) is 0 Å². The molecule has 0 aromatic heterocycles. The van der Waals surface area contributed by atoms with Crippen LogP contribution in [-0.4, -0.2) is 12.1 Å². The Bertz CT molecular complexity index is 634. The molecular weight excluding hydrogens is 269 g/mol. The summed E-state index contributed by atoms with van der Waals surface area (Å²) in [5.74, 6) is -2.66. The van der Waals surface area contributed by atoms with Gasteiger partial charge in [-0.05, 0) is 36.4 Å². The molecule has 0 saturated carbocycles. The predicted molar refractivity (Wildman–Crippen MR) is 67.8 cm³/mol. The first-order chi connectivity index (χ1) is 9.58. The van der Waals surface area contributed by atoms with Gasteiger partial charge < -0.3 is 0 Å². The number of hydrogen-bond acceptors (Lipinski definition) is 2. The molecule has 0 heterocycles. The molecule has 0 fully saturated rings. The van der Waals surface area contributed by atoms with E-state index in [0.717, 1.165) is 30.5 Å². The number of carbonyl (C=O) groups excluding carboxylic acids is 1. The van der Waals surface area contributed by atoms with E-state index in [1.165, 1.54) is 18.2 Å². The van der Waals surface area contributed by atoms with Gasteiger partial charge in [-0.25, -0.2) is 18.6 Å². The fourth-order valence-corrected chi connectivity index (χ4v) is 1.46. The maximum Gasteiger partial charge on any atom is 0.271 e. The smallest absolute Gasteiger partial charge is 0.267 e. The van der Waals surface area contributed by atoms with Gasteiger partial charge in [-0.1, -0.05) is 6.07 Å². The van der Waals surface area contributed by atoms with E-state index in [1.807, 2.05) is 0 Å². The molecule has 0 aliphatic carbocycles. The standard InChI is InChI=1S/C14H9F3N2O/c15-10-6-4-9(5-7-10)14(20)19-18-8-11-12(16)2-1-3-13(11)17/h1-8H,(H,19,20)/b18-8-. The van der Waals surface area contributed by atoms with Gasteiger partial charge >= 0.3 is 0 Å². The Morgan fingerprint density at radius 3 is 2.20 bits per heavy atom. The van der Waals surface area contributed by atoms with Gasteiger partial charge in [-0.15, -0.1) is 0 Å². The van der Waals surface area contributed by atoms with Crippen LogP contribution in [0.5, 0.6) is 0 Å². The van der Waals surface area contributed by atoms with Crippen LogP contribution in [0.1, 0.15) is 15.9 Å². The van der Waals surface area contributed by atoms with Crippen molar-refractivity contribution in [3.05, 3.63) is 71.0 Å². The van der Waals surface area contributed by atoms with Crippen LogP contribution in [0.3, 0.4) is 0 Å². The first-order valence-corrected chi connectivity index (χ1v) is 5.61. The van der Waals surface area contributed by atoms with Gasteiger partial charge in [0, 0.05) is 5.56 Å². The normalized spacial score (nSPS) is 10.8. The summed E-state index contributed by atoms with van der Waals surface area (Å²) in [5.41, 5.74) is 1.92. The maximum atomic E-state index is 13.3. The van der Waals surface area contributed by atoms with Gasteiger partial charge in [-0.2, -0.15) is 5.10 Å². The van der Waals surface area contributed by atoms with Crippen molar-refractivity contribution in [1.82, 2.24) is 5.43 Å². The topological polar surface area (TPSA) is 41.5 Å². The summed E-state index contributed by atoms with van der Waals surface area (Å²) in [4.78, 5) is 11.6. The summed E-state index contributed by atoms with van der Waals surface area (Å²) in [5, 5.41) is 3.46. The third-order valence-electron chi connectivity index (χ3n) is 2.47. The van der Waals surface area contributed by atoms with Gasteiger partial charge in [0.15, 0.2) is 0 Å². The molecule has 2 rings (SSSR count). The largest absolute Gasteiger partial charge is 0.271 e. The second-order valence-electron chi connectivity index (χ2n) is 3.84. The van der Waals surface area contributed by atoms with Crippen molar-refractivity contribution in [2.45, 2.75) is 0 Å². The van der Waals surface area contributed by atoms with Crippen molar-refractivity contribution in [3.8, 4) is 0 Å². The first kappa shape index (κ1) is 13.8. The van der Waals surface area contributed by atoms with Crippen molar-refractivity contribution < 1.29 is 18.0 Å². The maximum absolute atomic E-state index is 13.3. The molecule has 0 saturated heterocycles. The van der Waals surface area contributed by atoms with Crippen LogP contribution >= 0.6 is 0 Å². The zero-order valence-electron chi connectivity index (χ0n) is 10.1. The summed E-state index contributed by atoms with van der Waals surface area (Å²) in [6.07, 6.45) is 0.867. The number of rotatable bonds is 3. The summed E-state index contributed by atoms with van der Waals surface area (Å²) in [6.45, 7) is 0. The lowest BCUT2D eigenvalue weighted by atomic mass is 10.2. The SMILES string of the molecule is O=C(N/N=C\c1c(F)cccc1F)c1ccc(F)cc1. The number of hydrogen-bond donors (Lipinski definition) is 1. The summed E-state index contributed by atoms with van der Waals surface area (Å²) in [6, 6.07) is 8.15. The van der Waals surface area contributed by atoms with Crippen LogP contribution in [-0.2, 0) is 0 Å². The van der Waals surface area contributed by atoms with Gasteiger partial charge in [0.25, 0.3) is 5.91 Å². The van der Waals surface area contributed by atoms with Gasteiger partial charge in [0.05, 0.1) is 11.8 Å². The van der Waals surface area contributed by atoms with E-state index in [-0.39, 0.29) is 11.1 Å². The van der Waals surface area contributed by atoms with E-state index < -0.39 is 23.4 Å². The Hall–Kier alpha value is -2.63. The zero-order chi connectivity index (χ0) is 14.5. The molecule has 2 aromatic rings. The van der Waals surface area contributed by atoms with Gasteiger partial charge in [0.2, 0.25) is 0 Å². The lowest BCUT2D eigenvalue weighted by Gasteiger charge is -2.00. The predicted octanol–water partition coefficient (Wildman–Crippen LogP) is 2.87. The molecule has 0 aliphatic rings. The van der Waals surface area contributed by atoms with Crippen LogP contribution in [0, 0.1) is 17.5 Å². The molecule has 6 heteroatoms. The highest BCUT2D eigenvalue weighted by atomic mass is 19.1. The lowest BCUT2D eigenvalue weighted by Crippen LogP contribution is -2.17. The van der Waals surface area contributed by atoms with E-state index in [9.17, 15) is 18.0 Å². The van der Waals surface area contributed by atoms with E-state index in [1.54, 1.807) is 0 Å². The van der Waals surface area contributed by atoms with Crippen molar-refractivity contribution in [3.63, 3.8) is 0 Å². The Morgan fingerprint density at radius 1 is 1.00 bits per heavy atom. The average Bonchev–Trinajstić information content (AvgIpc) is 2.42. The lowest BCUT2D eigenvalue weighted by molar-refractivity contribution is 0.0955. The van der Waals surface area contributed by atoms with Crippen LogP contribution in [0.4, 0.5) is 13.2 Å². The molecule has 2 aromatic carbocycles. The molecule has 0 spiro atoms. The highest BCUT2D eigenvalue weighted by Crippen LogP contribution is 2.09. The van der Waals surface area contributed by atoms with Crippen LogP contribution < -0.4 is 5.43 Å². The monoisotopic (exact) mass is 278 g/mol. The second-order valence-corrected chi connectivity index (χ2v) is 3.84. The first-order valence-electron chi connectivity index (χ1n) is 5.61. The summed E-state index contributed by atoms with van der Waals surface area (Å²) in [7, 11) is 0.